The molecule has 1 atom stereocenters. The van der Waals surface area contributed by atoms with Crippen LogP contribution in [0.3, 0.4) is 0 Å². The zero-order chi connectivity index (χ0) is 11.9. The Morgan fingerprint density at radius 2 is 2.47 bits per heavy atom. The largest absolute Gasteiger partial charge is 0.469 e. The predicted molar refractivity (Wildman–Crippen MR) is 65.7 cm³/mol. The van der Waals surface area contributed by atoms with Crippen LogP contribution >= 0.6 is 0 Å². The van der Waals surface area contributed by atoms with Gasteiger partial charge in [0.05, 0.1) is 6.26 Å². The number of aryl methyl sites for hydroxylation is 1. The van der Waals surface area contributed by atoms with Crippen LogP contribution in [-0.2, 0) is 11.2 Å². The number of rotatable bonds is 4. The highest BCUT2D eigenvalue weighted by atomic mass is 16.3. The van der Waals surface area contributed by atoms with Crippen LogP contribution in [0, 0.1) is 0 Å². The van der Waals surface area contributed by atoms with Crippen molar-refractivity contribution < 1.29 is 9.21 Å². The summed E-state index contributed by atoms with van der Waals surface area (Å²) in [7, 11) is 0. The van der Waals surface area contributed by atoms with E-state index in [1.54, 1.807) is 6.26 Å². The highest BCUT2D eigenvalue weighted by Gasteiger charge is 2.14. The first-order chi connectivity index (χ1) is 8.34. The standard InChI is InChI=1S/C13H20N2O2/c16-13(7-6-12-5-3-9-17-12)15-11-4-1-2-8-14-10-11/h3,5,9,11,14H,1-2,4,6-8,10H2,(H,15,16). The van der Waals surface area contributed by atoms with Crippen molar-refractivity contribution in [3.63, 3.8) is 0 Å². The Bertz CT molecular complexity index is 327. The molecule has 0 saturated carbocycles. The maximum absolute atomic E-state index is 11.7. The fourth-order valence-corrected chi connectivity index (χ4v) is 2.13. The quantitative estimate of drug-likeness (QED) is 0.832. The zero-order valence-corrected chi connectivity index (χ0v) is 10.1. The molecule has 1 aliphatic rings. The van der Waals surface area contributed by atoms with Gasteiger partial charge in [0, 0.05) is 25.4 Å². The summed E-state index contributed by atoms with van der Waals surface area (Å²) in [6.07, 6.45) is 6.31. The monoisotopic (exact) mass is 236 g/mol. The van der Waals surface area contributed by atoms with E-state index in [4.69, 9.17) is 4.42 Å². The molecule has 17 heavy (non-hydrogen) atoms. The first-order valence-electron chi connectivity index (χ1n) is 6.37. The van der Waals surface area contributed by atoms with Crippen molar-refractivity contribution >= 4 is 5.91 Å². The lowest BCUT2D eigenvalue weighted by Crippen LogP contribution is -2.40. The molecule has 1 fully saturated rings. The van der Waals surface area contributed by atoms with Crippen LogP contribution in [0.4, 0.5) is 0 Å². The Morgan fingerprint density at radius 3 is 3.29 bits per heavy atom. The van der Waals surface area contributed by atoms with Crippen molar-refractivity contribution in [2.75, 3.05) is 13.1 Å². The third-order valence-electron chi connectivity index (χ3n) is 3.09. The van der Waals surface area contributed by atoms with Crippen LogP contribution in [0.25, 0.3) is 0 Å². The van der Waals surface area contributed by atoms with Crippen molar-refractivity contribution in [2.24, 2.45) is 0 Å². The van der Waals surface area contributed by atoms with Gasteiger partial charge in [-0.1, -0.05) is 6.42 Å². The topological polar surface area (TPSA) is 54.3 Å². The first kappa shape index (κ1) is 12.2. The van der Waals surface area contributed by atoms with Crippen LogP contribution < -0.4 is 10.6 Å². The van der Waals surface area contributed by atoms with Gasteiger partial charge >= 0.3 is 0 Å². The van der Waals surface area contributed by atoms with E-state index in [-0.39, 0.29) is 5.91 Å². The molecule has 2 rings (SSSR count). The van der Waals surface area contributed by atoms with E-state index < -0.39 is 0 Å². The Labute approximate surface area is 102 Å². The fourth-order valence-electron chi connectivity index (χ4n) is 2.13. The van der Waals surface area contributed by atoms with Crippen LogP contribution in [0.15, 0.2) is 22.8 Å². The predicted octanol–water partition coefficient (Wildman–Crippen LogP) is 1.47. The molecule has 1 amide bonds. The second-order valence-electron chi connectivity index (χ2n) is 4.54. The average Bonchev–Trinajstić information content (AvgIpc) is 2.72. The Morgan fingerprint density at radius 1 is 1.53 bits per heavy atom. The summed E-state index contributed by atoms with van der Waals surface area (Å²) in [6.45, 7) is 1.96. The molecule has 1 saturated heterocycles. The van der Waals surface area contributed by atoms with Gasteiger partial charge < -0.3 is 15.1 Å². The molecule has 0 aromatic carbocycles. The second-order valence-corrected chi connectivity index (χ2v) is 4.54. The lowest BCUT2D eigenvalue weighted by Gasteiger charge is -2.16. The smallest absolute Gasteiger partial charge is 0.220 e. The average molecular weight is 236 g/mol. The van der Waals surface area contributed by atoms with Gasteiger partial charge in [0.25, 0.3) is 0 Å². The van der Waals surface area contributed by atoms with Gasteiger partial charge in [0.1, 0.15) is 5.76 Å². The van der Waals surface area contributed by atoms with Gasteiger partial charge in [-0.2, -0.15) is 0 Å². The second kappa shape index (κ2) is 6.45. The molecule has 2 N–H and O–H groups in total. The molecule has 1 aliphatic heterocycles. The molecular formula is C13H20N2O2. The molecule has 0 bridgehead atoms. The van der Waals surface area contributed by atoms with Gasteiger partial charge in [-0.3, -0.25) is 4.79 Å². The summed E-state index contributed by atoms with van der Waals surface area (Å²) < 4.78 is 5.20. The van der Waals surface area contributed by atoms with E-state index in [9.17, 15) is 4.79 Å². The third kappa shape index (κ3) is 4.23. The molecule has 4 nitrogen and oxygen atoms in total. The van der Waals surface area contributed by atoms with Crippen molar-refractivity contribution in [3.05, 3.63) is 24.2 Å². The van der Waals surface area contributed by atoms with Crippen LogP contribution in [-0.4, -0.2) is 25.0 Å². The van der Waals surface area contributed by atoms with Gasteiger partial charge in [0.2, 0.25) is 5.91 Å². The van der Waals surface area contributed by atoms with E-state index in [0.717, 1.165) is 25.3 Å². The van der Waals surface area contributed by atoms with Crippen molar-refractivity contribution in [1.82, 2.24) is 10.6 Å². The molecule has 0 radical (unpaired) electrons. The van der Waals surface area contributed by atoms with E-state index in [1.807, 2.05) is 12.1 Å². The molecule has 1 aromatic heterocycles. The molecule has 94 valence electrons. The number of carbonyl (C=O) groups is 1. The van der Waals surface area contributed by atoms with Gasteiger partial charge in [0.15, 0.2) is 0 Å². The first-order valence-corrected chi connectivity index (χ1v) is 6.37. The van der Waals surface area contributed by atoms with Gasteiger partial charge in [-0.25, -0.2) is 0 Å². The summed E-state index contributed by atoms with van der Waals surface area (Å²) in [5.41, 5.74) is 0. The number of amides is 1. The number of furan rings is 1. The zero-order valence-electron chi connectivity index (χ0n) is 10.1. The minimum Gasteiger partial charge on any atom is -0.469 e. The Balaban J connectivity index is 1.69. The van der Waals surface area contributed by atoms with E-state index >= 15 is 0 Å². The summed E-state index contributed by atoms with van der Waals surface area (Å²) in [5.74, 6) is 0.995. The van der Waals surface area contributed by atoms with E-state index in [2.05, 4.69) is 10.6 Å². The van der Waals surface area contributed by atoms with Crippen LogP contribution in [0.1, 0.15) is 31.4 Å². The summed E-state index contributed by atoms with van der Waals surface area (Å²) in [5, 5.41) is 6.42. The maximum Gasteiger partial charge on any atom is 0.220 e. The summed E-state index contributed by atoms with van der Waals surface area (Å²) in [6, 6.07) is 4.05. The van der Waals surface area contributed by atoms with Crippen molar-refractivity contribution in [2.45, 2.75) is 38.1 Å². The highest BCUT2D eigenvalue weighted by molar-refractivity contribution is 5.76. The lowest BCUT2D eigenvalue weighted by molar-refractivity contribution is -0.121. The molecule has 1 unspecified atom stereocenters. The molecule has 4 heteroatoms. The number of carbonyl (C=O) groups excluding carboxylic acids is 1. The fraction of sp³-hybridized carbons (Fsp3) is 0.615. The highest BCUT2D eigenvalue weighted by Crippen LogP contribution is 2.06. The Kier molecular flexibility index (Phi) is 4.62. The molecular weight excluding hydrogens is 216 g/mol. The van der Waals surface area contributed by atoms with Crippen LogP contribution in [0.5, 0.6) is 0 Å². The SMILES string of the molecule is O=C(CCc1ccco1)NC1CCCCNC1. The minimum atomic E-state index is 0.120. The third-order valence-corrected chi connectivity index (χ3v) is 3.09. The van der Waals surface area contributed by atoms with Gasteiger partial charge in [-0.15, -0.1) is 0 Å². The maximum atomic E-state index is 11.7. The number of hydrogen-bond donors (Lipinski definition) is 2. The molecule has 2 heterocycles. The molecule has 0 aliphatic carbocycles. The number of hydrogen-bond acceptors (Lipinski definition) is 3. The van der Waals surface area contributed by atoms with Crippen molar-refractivity contribution in [3.8, 4) is 0 Å². The van der Waals surface area contributed by atoms with Crippen LogP contribution in [0.2, 0.25) is 0 Å². The normalized spacial score (nSPS) is 20.8. The van der Waals surface area contributed by atoms with E-state index in [0.29, 0.717) is 18.9 Å². The summed E-state index contributed by atoms with van der Waals surface area (Å²) in [4.78, 5) is 11.7. The molecule has 1 aromatic rings. The number of nitrogens with one attached hydrogen (secondary N) is 2. The lowest BCUT2D eigenvalue weighted by atomic mass is 10.1. The van der Waals surface area contributed by atoms with Gasteiger partial charge in [-0.05, 0) is 31.5 Å². The summed E-state index contributed by atoms with van der Waals surface area (Å²) >= 11 is 0. The Hall–Kier alpha value is -1.29. The minimum absolute atomic E-state index is 0.120. The molecule has 0 spiro atoms. The van der Waals surface area contributed by atoms with Crippen molar-refractivity contribution in [1.29, 1.82) is 0 Å². The van der Waals surface area contributed by atoms with E-state index in [1.165, 1.54) is 12.8 Å².